The molecule has 0 aliphatic heterocycles. The molecule has 2 heterocycles. The van der Waals surface area contributed by atoms with Gasteiger partial charge in [-0.1, -0.05) is 23.7 Å². The minimum atomic E-state index is -0.324. The van der Waals surface area contributed by atoms with Gasteiger partial charge in [-0.3, -0.25) is 9.59 Å². The van der Waals surface area contributed by atoms with Crippen molar-refractivity contribution in [2.24, 2.45) is 0 Å². The Balaban J connectivity index is 1.59. The van der Waals surface area contributed by atoms with Gasteiger partial charge in [0.1, 0.15) is 17.9 Å². The lowest BCUT2D eigenvalue weighted by Crippen LogP contribution is -2.28. The van der Waals surface area contributed by atoms with Crippen molar-refractivity contribution in [1.29, 1.82) is 0 Å². The third-order valence-corrected chi connectivity index (χ3v) is 4.83. The summed E-state index contributed by atoms with van der Waals surface area (Å²) < 4.78 is 16.6. The molecule has 1 amide bonds. The average molecular weight is 410 g/mol. The van der Waals surface area contributed by atoms with E-state index in [0.717, 1.165) is 10.9 Å². The summed E-state index contributed by atoms with van der Waals surface area (Å²) >= 11 is 5.84. The predicted octanol–water partition coefficient (Wildman–Crippen LogP) is 4.28. The minimum Gasteiger partial charge on any atom is -0.339 e. The van der Waals surface area contributed by atoms with Gasteiger partial charge in [-0.25, -0.2) is 4.39 Å². The molecule has 0 aliphatic rings. The molecule has 0 saturated carbocycles. The van der Waals surface area contributed by atoms with Crippen LogP contribution in [0.25, 0.3) is 10.9 Å². The van der Waals surface area contributed by atoms with Gasteiger partial charge in [0.2, 0.25) is 5.91 Å². The van der Waals surface area contributed by atoms with Crippen molar-refractivity contribution in [2.75, 3.05) is 5.32 Å². The molecule has 0 spiro atoms. The van der Waals surface area contributed by atoms with Crippen molar-refractivity contribution >= 4 is 34.1 Å². The van der Waals surface area contributed by atoms with Gasteiger partial charge in [-0.05, 0) is 54.1 Å². The number of fused-ring (bicyclic) bond motifs is 1. The normalized spacial score (nSPS) is 11.0. The Labute approximate surface area is 171 Å². The second-order valence-electron chi connectivity index (χ2n) is 6.68. The number of amides is 1. The molecular formula is C22H17ClFN3O2. The summed E-state index contributed by atoms with van der Waals surface area (Å²) in [7, 11) is 0. The number of carbonyl (C=O) groups excluding carboxylic acids is 1. The number of carbonyl (C=O) groups is 1. The molecule has 0 fully saturated rings. The smallest absolute Gasteiger partial charge is 0.275 e. The van der Waals surface area contributed by atoms with Crippen LogP contribution in [0.4, 0.5) is 10.1 Å². The van der Waals surface area contributed by atoms with Crippen molar-refractivity contribution < 1.29 is 9.18 Å². The van der Waals surface area contributed by atoms with E-state index in [1.54, 1.807) is 59.4 Å². The summed E-state index contributed by atoms with van der Waals surface area (Å²) in [4.78, 5) is 25.3. The fourth-order valence-electron chi connectivity index (χ4n) is 3.22. The molecule has 0 unspecified atom stereocenters. The van der Waals surface area contributed by atoms with Crippen LogP contribution in [0.1, 0.15) is 5.56 Å². The first kappa shape index (κ1) is 19.0. The molecule has 4 rings (SSSR count). The molecule has 7 heteroatoms. The number of nitrogens with zero attached hydrogens (tertiary/aromatic N) is 2. The zero-order valence-corrected chi connectivity index (χ0v) is 16.1. The Morgan fingerprint density at radius 1 is 1.00 bits per heavy atom. The van der Waals surface area contributed by atoms with Crippen molar-refractivity contribution in [1.82, 2.24) is 9.13 Å². The fourth-order valence-corrected chi connectivity index (χ4v) is 3.35. The maximum absolute atomic E-state index is 13.5. The summed E-state index contributed by atoms with van der Waals surface area (Å²) in [5, 5.41) is 4.08. The zero-order valence-electron chi connectivity index (χ0n) is 15.3. The Morgan fingerprint density at radius 2 is 1.72 bits per heavy atom. The van der Waals surface area contributed by atoms with Crippen molar-refractivity contribution in [3.63, 3.8) is 0 Å². The molecule has 0 bridgehead atoms. The van der Waals surface area contributed by atoms with Crippen molar-refractivity contribution in [3.05, 3.63) is 99.8 Å². The number of hydrogen-bond acceptors (Lipinski definition) is 2. The second-order valence-corrected chi connectivity index (χ2v) is 7.12. The zero-order chi connectivity index (χ0) is 20.4. The van der Waals surface area contributed by atoms with E-state index in [4.69, 9.17) is 11.6 Å². The van der Waals surface area contributed by atoms with Crippen LogP contribution in [0.3, 0.4) is 0 Å². The first-order valence-corrected chi connectivity index (χ1v) is 9.35. The lowest BCUT2D eigenvalue weighted by molar-refractivity contribution is -0.116. The van der Waals surface area contributed by atoms with Gasteiger partial charge >= 0.3 is 0 Å². The van der Waals surface area contributed by atoms with Crippen LogP contribution >= 0.6 is 11.6 Å². The SMILES string of the molecule is O=C(Cn1ccc2ccn(Cc3cccc(F)c3)c2c1=O)Nc1ccc(Cl)cc1. The van der Waals surface area contributed by atoms with Crippen molar-refractivity contribution in [2.45, 2.75) is 13.1 Å². The van der Waals surface area contributed by atoms with Gasteiger partial charge in [0.25, 0.3) is 5.56 Å². The minimum absolute atomic E-state index is 0.122. The van der Waals surface area contributed by atoms with Crippen LogP contribution in [0.15, 0.2) is 77.9 Å². The Hall–Kier alpha value is -3.38. The van der Waals surface area contributed by atoms with E-state index in [9.17, 15) is 14.0 Å². The number of hydrogen-bond donors (Lipinski definition) is 1. The topological polar surface area (TPSA) is 56.0 Å². The number of halogens is 2. The molecule has 0 atom stereocenters. The highest BCUT2D eigenvalue weighted by Gasteiger charge is 2.11. The third-order valence-electron chi connectivity index (χ3n) is 4.58. The van der Waals surface area contributed by atoms with Gasteiger partial charge in [0, 0.05) is 35.0 Å². The summed E-state index contributed by atoms with van der Waals surface area (Å²) in [6.45, 7) is 0.236. The van der Waals surface area contributed by atoms with Crippen LogP contribution < -0.4 is 10.9 Å². The van der Waals surface area contributed by atoms with Crippen LogP contribution in [0.2, 0.25) is 5.02 Å². The molecule has 4 aromatic rings. The van der Waals surface area contributed by atoms with Crippen LogP contribution in [0, 0.1) is 5.82 Å². The van der Waals surface area contributed by atoms with Crippen LogP contribution in [0.5, 0.6) is 0 Å². The quantitative estimate of drug-likeness (QED) is 0.534. The van der Waals surface area contributed by atoms with Gasteiger partial charge in [0.15, 0.2) is 0 Å². The largest absolute Gasteiger partial charge is 0.339 e. The van der Waals surface area contributed by atoms with E-state index in [1.165, 1.54) is 16.7 Å². The Kier molecular flexibility index (Phi) is 5.18. The summed E-state index contributed by atoms with van der Waals surface area (Å²) in [6, 6.07) is 16.6. The summed E-state index contributed by atoms with van der Waals surface area (Å²) in [5.74, 6) is -0.646. The third kappa shape index (κ3) is 4.22. The van der Waals surface area contributed by atoms with Gasteiger partial charge in [0.05, 0.1) is 0 Å². The molecule has 5 nitrogen and oxygen atoms in total. The molecule has 0 saturated heterocycles. The van der Waals surface area contributed by atoms with E-state index in [1.807, 2.05) is 6.07 Å². The lowest BCUT2D eigenvalue weighted by Gasteiger charge is -2.10. The number of anilines is 1. The van der Waals surface area contributed by atoms with Gasteiger partial charge in [-0.2, -0.15) is 0 Å². The van der Waals surface area contributed by atoms with E-state index in [-0.39, 0.29) is 23.8 Å². The standard InChI is InChI=1S/C22H17ClFN3O2/c23-17-4-6-19(7-5-17)25-20(28)14-27-11-9-16-8-10-26(21(16)22(27)29)13-15-2-1-3-18(24)12-15/h1-12H,13-14H2,(H,25,28). The molecular weight excluding hydrogens is 393 g/mol. The molecule has 146 valence electrons. The average Bonchev–Trinajstić information content (AvgIpc) is 3.09. The first-order valence-electron chi connectivity index (χ1n) is 8.98. The highest BCUT2D eigenvalue weighted by molar-refractivity contribution is 6.30. The monoisotopic (exact) mass is 409 g/mol. The number of benzene rings is 2. The van der Waals surface area contributed by atoms with E-state index in [0.29, 0.717) is 22.8 Å². The molecule has 2 aromatic carbocycles. The Morgan fingerprint density at radius 3 is 2.45 bits per heavy atom. The predicted molar refractivity (Wildman–Crippen MR) is 112 cm³/mol. The number of rotatable bonds is 5. The van der Waals surface area contributed by atoms with Crippen molar-refractivity contribution in [3.8, 4) is 0 Å². The highest BCUT2D eigenvalue weighted by atomic mass is 35.5. The van der Waals surface area contributed by atoms with E-state index >= 15 is 0 Å². The maximum Gasteiger partial charge on any atom is 0.275 e. The van der Waals surface area contributed by atoms with E-state index in [2.05, 4.69) is 5.32 Å². The molecule has 0 radical (unpaired) electrons. The highest BCUT2D eigenvalue weighted by Crippen LogP contribution is 2.15. The van der Waals surface area contributed by atoms with Gasteiger partial charge in [-0.15, -0.1) is 0 Å². The fraction of sp³-hybridized carbons (Fsp3) is 0.0909. The second kappa shape index (κ2) is 7.93. The number of nitrogens with one attached hydrogen (secondary N) is 1. The van der Waals surface area contributed by atoms with E-state index < -0.39 is 0 Å². The summed E-state index contributed by atoms with van der Waals surface area (Å²) in [6.07, 6.45) is 3.38. The number of aromatic nitrogens is 2. The molecule has 1 N–H and O–H groups in total. The van der Waals surface area contributed by atoms with Gasteiger partial charge < -0.3 is 14.5 Å². The van der Waals surface area contributed by atoms with Crippen LogP contribution in [-0.4, -0.2) is 15.0 Å². The molecule has 2 aromatic heterocycles. The number of pyridine rings is 1. The maximum atomic E-state index is 13.5. The lowest BCUT2D eigenvalue weighted by atomic mass is 10.2. The summed E-state index contributed by atoms with van der Waals surface area (Å²) in [5.41, 5.74) is 1.53. The molecule has 29 heavy (non-hydrogen) atoms. The first-order chi connectivity index (χ1) is 14.0. The van der Waals surface area contributed by atoms with Crippen LogP contribution in [-0.2, 0) is 17.9 Å². The molecule has 0 aliphatic carbocycles. The Bertz CT molecular complexity index is 1250.